The van der Waals surface area contributed by atoms with Crippen LogP contribution in [0.3, 0.4) is 0 Å². The first-order chi connectivity index (χ1) is 19.5. The Labute approximate surface area is 256 Å². The van der Waals surface area contributed by atoms with Gasteiger partial charge in [-0.3, -0.25) is 13.9 Å². The van der Waals surface area contributed by atoms with Crippen molar-refractivity contribution in [3.05, 3.63) is 87.4 Å². The molecule has 0 bridgehead atoms. The summed E-state index contributed by atoms with van der Waals surface area (Å²) in [5.41, 5.74) is 0.655. The molecule has 1 atom stereocenters. The zero-order valence-electron chi connectivity index (χ0n) is 22.9. The third-order valence-corrected chi connectivity index (χ3v) is 9.18. The predicted octanol–water partition coefficient (Wildman–Crippen LogP) is 6.18. The number of rotatable bonds is 13. The third-order valence-electron chi connectivity index (χ3n) is 6.43. The van der Waals surface area contributed by atoms with Crippen LogP contribution in [-0.4, -0.2) is 51.4 Å². The maximum atomic E-state index is 14.0. The van der Waals surface area contributed by atoms with Gasteiger partial charge in [0, 0.05) is 33.7 Å². The van der Waals surface area contributed by atoms with Crippen LogP contribution in [0.2, 0.25) is 15.1 Å². The highest BCUT2D eigenvalue weighted by Gasteiger charge is 2.33. The molecule has 220 valence electrons. The van der Waals surface area contributed by atoms with E-state index in [0.29, 0.717) is 32.9 Å². The Bertz CT molecular complexity index is 1430. The van der Waals surface area contributed by atoms with Crippen molar-refractivity contribution in [2.75, 3.05) is 24.5 Å². The van der Waals surface area contributed by atoms with Gasteiger partial charge in [-0.25, -0.2) is 8.42 Å². The second-order valence-corrected chi connectivity index (χ2v) is 12.3. The third kappa shape index (κ3) is 8.29. The zero-order valence-corrected chi connectivity index (χ0v) is 26.0. The Balaban J connectivity index is 2.03. The van der Waals surface area contributed by atoms with Crippen LogP contribution in [0.4, 0.5) is 5.69 Å². The number of amides is 2. The minimum Gasteiger partial charge on any atom is -0.497 e. The molecule has 0 aliphatic carbocycles. The van der Waals surface area contributed by atoms with Crippen molar-refractivity contribution in [3.63, 3.8) is 0 Å². The summed E-state index contributed by atoms with van der Waals surface area (Å²) in [5.74, 6) is -0.541. The summed E-state index contributed by atoms with van der Waals surface area (Å²) in [4.78, 5) is 28.3. The van der Waals surface area contributed by atoms with Crippen LogP contribution >= 0.6 is 34.8 Å². The molecule has 0 unspecified atom stereocenters. The molecular weight excluding hydrogens is 609 g/mol. The number of carbonyl (C=O) groups excluding carboxylic acids is 2. The summed E-state index contributed by atoms with van der Waals surface area (Å²) < 4.78 is 33.9. The summed E-state index contributed by atoms with van der Waals surface area (Å²) >= 11 is 18.9. The molecule has 0 heterocycles. The van der Waals surface area contributed by atoms with Crippen molar-refractivity contribution in [2.24, 2.45) is 0 Å². The fraction of sp³-hybridized carbons (Fsp3) is 0.310. The molecule has 2 amide bonds. The van der Waals surface area contributed by atoms with Crippen molar-refractivity contribution >= 4 is 62.3 Å². The fourth-order valence-electron chi connectivity index (χ4n) is 3.98. The largest absolute Gasteiger partial charge is 0.497 e. The van der Waals surface area contributed by atoms with E-state index in [-0.39, 0.29) is 23.0 Å². The van der Waals surface area contributed by atoms with Crippen molar-refractivity contribution in [1.82, 2.24) is 10.2 Å². The predicted molar refractivity (Wildman–Crippen MR) is 163 cm³/mol. The number of ether oxygens (including phenoxy) is 1. The first-order valence-electron chi connectivity index (χ1n) is 12.9. The Morgan fingerprint density at radius 2 is 1.56 bits per heavy atom. The highest BCUT2D eigenvalue weighted by molar-refractivity contribution is 7.92. The number of carbonyl (C=O) groups is 2. The van der Waals surface area contributed by atoms with E-state index in [2.05, 4.69) is 5.32 Å². The van der Waals surface area contributed by atoms with Gasteiger partial charge < -0.3 is 15.0 Å². The first kappa shape index (κ1) is 32.5. The van der Waals surface area contributed by atoms with Crippen LogP contribution in [0.15, 0.2) is 71.6 Å². The summed E-state index contributed by atoms with van der Waals surface area (Å²) in [5, 5.41) is 3.86. The molecule has 0 aliphatic rings. The van der Waals surface area contributed by atoms with Gasteiger partial charge in [0.15, 0.2) is 0 Å². The normalized spacial score (nSPS) is 12.0. The Morgan fingerprint density at radius 1 is 0.951 bits per heavy atom. The van der Waals surface area contributed by atoms with E-state index in [1.165, 1.54) is 60.5 Å². The van der Waals surface area contributed by atoms with Crippen molar-refractivity contribution < 1.29 is 22.7 Å². The quantitative estimate of drug-likeness (QED) is 0.225. The SMILES string of the molecule is CCCCNC(=O)[C@H](C)N(Cc1c(Cl)cccc1Cl)C(=O)CN(c1ccc(Cl)cc1)S(=O)(=O)c1ccc(OC)cc1. The molecule has 3 rings (SSSR count). The molecule has 0 radical (unpaired) electrons. The van der Waals surface area contributed by atoms with Gasteiger partial charge in [0.1, 0.15) is 18.3 Å². The highest BCUT2D eigenvalue weighted by Crippen LogP contribution is 2.29. The fourth-order valence-corrected chi connectivity index (χ4v) is 6.04. The number of hydrogen-bond acceptors (Lipinski definition) is 5. The number of unbranched alkanes of at least 4 members (excludes halogenated alkanes) is 1. The number of anilines is 1. The number of nitrogens with one attached hydrogen (secondary N) is 1. The van der Waals surface area contributed by atoms with E-state index in [4.69, 9.17) is 39.5 Å². The standard InChI is InChI=1S/C29H32Cl3N3O5S/c1-4-5-17-33-29(37)20(2)34(18-25-26(31)7-6-8-27(25)32)28(36)19-35(22-11-9-21(30)10-12-22)41(38,39)24-15-13-23(40-3)14-16-24/h6-16,20H,4-5,17-19H2,1-3H3,(H,33,37)/t20-/m0/s1. The summed E-state index contributed by atoms with van der Waals surface area (Å²) in [6.45, 7) is 3.30. The summed E-state index contributed by atoms with van der Waals surface area (Å²) in [7, 11) is -2.76. The number of benzene rings is 3. The second kappa shape index (κ2) is 14.8. The van der Waals surface area contributed by atoms with Crippen LogP contribution < -0.4 is 14.4 Å². The van der Waals surface area contributed by atoms with E-state index in [1.807, 2.05) is 6.92 Å². The molecule has 12 heteroatoms. The van der Waals surface area contributed by atoms with Gasteiger partial charge in [-0.05, 0) is 74.0 Å². The monoisotopic (exact) mass is 639 g/mol. The molecule has 1 N–H and O–H groups in total. The topological polar surface area (TPSA) is 96.0 Å². The Morgan fingerprint density at radius 3 is 2.12 bits per heavy atom. The maximum absolute atomic E-state index is 14.0. The number of methoxy groups -OCH3 is 1. The first-order valence-corrected chi connectivity index (χ1v) is 15.5. The van der Waals surface area contributed by atoms with Crippen LogP contribution in [0.5, 0.6) is 5.75 Å². The van der Waals surface area contributed by atoms with Gasteiger partial charge in [0.05, 0.1) is 17.7 Å². The zero-order chi connectivity index (χ0) is 30.2. The van der Waals surface area contributed by atoms with Crippen molar-refractivity contribution in [2.45, 2.75) is 44.2 Å². The van der Waals surface area contributed by atoms with Crippen molar-refractivity contribution in [1.29, 1.82) is 0 Å². The number of hydrogen-bond donors (Lipinski definition) is 1. The molecule has 0 spiro atoms. The van der Waals surface area contributed by atoms with Gasteiger partial charge in [-0.1, -0.05) is 54.2 Å². The average Bonchev–Trinajstić information content (AvgIpc) is 2.96. The van der Waals surface area contributed by atoms with E-state index in [1.54, 1.807) is 25.1 Å². The van der Waals surface area contributed by atoms with Crippen LogP contribution in [0.1, 0.15) is 32.3 Å². The van der Waals surface area contributed by atoms with Gasteiger partial charge in [0.2, 0.25) is 11.8 Å². The molecule has 3 aromatic rings. The van der Waals surface area contributed by atoms with Gasteiger partial charge >= 0.3 is 0 Å². The lowest BCUT2D eigenvalue weighted by Gasteiger charge is -2.32. The minimum atomic E-state index is -4.24. The molecule has 0 saturated carbocycles. The Hall–Kier alpha value is -2.98. The maximum Gasteiger partial charge on any atom is 0.264 e. The average molecular weight is 641 g/mol. The van der Waals surface area contributed by atoms with Crippen LogP contribution in [-0.2, 0) is 26.2 Å². The molecule has 3 aromatic carbocycles. The van der Waals surface area contributed by atoms with E-state index >= 15 is 0 Å². The van der Waals surface area contributed by atoms with Gasteiger partial charge in [-0.15, -0.1) is 0 Å². The Kier molecular flexibility index (Phi) is 11.7. The molecule has 0 saturated heterocycles. The van der Waals surface area contributed by atoms with Gasteiger partial charge in [-0.2, -0.15) is 0 Å². The molecule has 8 nitrogen and oxygen atoms in total. The van der Waals surface area contributed by atoms with Gasteiger partial charge in [0.25, 0.3) is 10.0 Å². The van der Waals surface area contributed by atoms with Crippen molar-refractivity contribution in [3.8, 4) is 5.75 Å². The number of sulfonamides is 1. The highest BCUT2D eigenvalue weighted by atomic mass is 35.5. The second-order valence-electron chi connectivity index (χ2n) is 9.21. The molecule has 0 aliphatic heterocycles. The van der Waals surface area contributed by atoms with E-state index in [9.17, 15) is 18.0 Å². The minimum absolute atomic E-state index is 0.0490. The molecule has 0 fully saturated rings. The lowest BCUT2D eigenvalue weighted by atomic mass is 10.1. The summed E-state index contributed by atoms with van der Waals surface area (Å²) in [6, 6.07) is 15.9. The lowest BCUT2D eigenvalue weighted by molar-refractivity contribution is -0.139. The number of nitrogens with zero attached hydrogens (tertiary/aromatic N) is 2. The number of halogens is 3. The molecule has 41 heavy (non-hydrogen) atoms. The molecule has 0 aromatic heterocycles. The molecular formula is C29H32Cl3N3O5S. The van der Waals surface area contributed by atoms with E-state index in [0.717, 1.165) is 17.1 Å². The van der Waals surface area contributed by atoms with Crippen LogP contribution in [0.25, 0.3) is 0 Å². The summed E-state index contributed by atoms with van der Waals surface area (Å²) in [6.07, 6.45) is 1.65. The van der Waals surface area contributed by atoms with Crippen LogP contribution in [0, 0.1) is 0 Å². The lowest BCUT2D eigenvalue weighted by Crippen LogP contribution is -2.51. The smallest absolute Gasteiger partial charge is 0.264 e. The van der Waals surface area contributed by atoms with E-state index < -0.39 is 28.5 Å².